The molecule has 0 aliphatic carbocycles. The van der Waals surface area contributed by atoms with Gasteiger partial charge in [0, 0.05) is 17.9 Å². The molecule has 0 saturated heterocycles. The van der Waals surface area contributed by atoms with Gasteiger partial charge in [-0.1, -0.05) is 0 Å². The van der Waals surface area contributed by atoms with Crippen molar-refractivity contribution in [3.63, 3.8) is 0 Å². The fraction of sp³-hybridized carbons (Fsp3) is 1.00. The van der Waals surface area contributed by atoms with Crippen LogP contribution < -0.4 is 0 Å². The fourth-order valence-electron chi connectivity index (χ4n) is 0.119. The van der Waals surface area contributed by atoms with Gasteiger partial charge < -0.3 is 0 Å². The van der Waals surface area contributed by atoms with Crippen molar-refractivity contribution < 1.29 is 3.89 Å². The lowest BCUT2D eigenvalue weighted by Crippen LogP contribution is -1.74. The third-order valence-corrected chi connectivity index (χ3v) is 1.14. The van der Waals surface area contributed by atoms with Crippen LogP contribution in [0.3, 0.4) is 0 Å². The topological polar surface area (TPSA) is 0 Å². The standard InChI is InChI=1S/C3H7FS2/c4-6-3-1-2-5/h5H,1-3H2. The molecule has 0 spiro atoms. The molecule has 6 heavy (non-hydrogen) atoms. The quantitative estimate of drug-likeness (QED) is 0.445. The summed E-state index contributed by atoms with van der Waals surface area (Å²) in [6.07, 6.45) is 0.865. The Kier molecular flexibility index (Phi) is 6.22. The number of hydrogen-bond acceptors (Lipinski definition) is 2. The molecule has 0 unspecified atom stereocenters. The van der Waals surface area contributed by atoms with Crippen molar-refractivity contribution in [1.29, 1.82) is 0 Å². The van der Waals surface area contributed by atoms with Crippen molar-refractivity contribution in [2.45, 2.75) is 6.42 Å². The summed E-state index contributed by atoms with van der Waals surface area (Å²) in [5.41, 5.74) is 0. The molecule has 0 aliphatic heterocycles. The van der Waals surface area contributed by atoms with E-state index < -0.39 is 0 Å². The smallest absolute Gasteiger partial charge is 0.0443 e. The minimum absolute atomic E-state index is 0.377. The fourth-order valence-corrected chi connectivity index (χ4v) is 0.745. The second-order valence-electron chi connectivity index (χ2n) is 0.890. The molecule has 38 valence electrons. The van der Waals surface area contributed by atoms with E-state index in [-0.39, 0.29) is 0 Å². The third kappa shape index (κ3) is 4.63. The minimum Gasteiger partial charge on any atom is -0.179 e. The van der Waals surface area contributed by atoms with Gasteiger partial charge in [0.25, 0.3) is 0 Å². The van der Waals surface area contributed by atoms with Gasteiger partial charge in [-0.2, -0.15) is 16.5 Å². The van der Waals surface area contributed by atoms with E-state index in [4.69, 9.17) is 0 Å². The molecule has 0 aliphatic rings. The van der Waals surface area contributed by atoms with E-state index in [0.29, 0.717) is 17.9 Å². The van der Waals surface area contributed by atoms with Gasteiger partial charge in [0.1, 0.15) is 0 Å². The first-order chi connectivity index (χ1) is 2.91. The molecule has 0 atom stereocenters. The predicted octanol–water partition coefficient (Wildman–Crippen LogP) is 1.92. The first kappa shape index (κ1) is 6.63. The van der Waals surface area contributed by atoms with Crippen molar-refractivity contribution in [1.82, 2.24) is 0 Å². The Bertz CT molecular complexity index is 20.8. The van der Waals surface area contributed by atoms with Crippen molar-refractivity contribution >= 4 is 24.8 Å². The summed E-state index contributed by atoms with van der Waals surface area (Å²) in [6.45, 7) is 0. The second-order valence-corrected chi connectivity index (χ2v) is 1.96. The van der Waals surface area contributed by atoms with E-state index >= 15 is 0 Å². The van der Waals surface area contributed by atoms with Gasteiger partial charge in [-0.05, 0) is 12.2 Å². The Morgan fingerprint density at radius 2 is 2.33 bits per heavy atom. The molecule has 0 radical (unpaired) electrons. The van der Waals surface area contributed by atoms with Crippen LogP contribution >= 0.6 is 24.8 Å². The van der Waals surface area contributed by atoms with Crippen LogP contribution in [0, 0.1) is 0 Å². The molecule has 0 N–H and O–H groups in total. The zero-order valence-corrected chi connectivity index (χ0v) is 5.07. The summed E-state index contributed by atoms with van der Waals surface area (Å²) in [7, 11) is 0. The maximum atomic E-state index is 11.1. The van der Waals surface area contributed by atoms with Gasteiger partial charge in [-0.3, -0.25) is 0 Å². The molecule has 0 rings (SSSR count). The first-order valence-corrected chi connectivity index (χ1v) is 3.28. The minimum atomic E-state index is 0.377. The molecule has 0 aromatic rings. The molecule has 0 amide bonds. The van der Waals surface area contributed by atoms with Crippen LogP contribution in [-0.4, -0.2) is 11.5 Å². The predicted molar refractivity (Wildman–Crippen MR) is 32.0 cm³/mol. The summed E-state index contributed by atoms with van der Waals surface area (Å²) in [5, 5.41) is 0. The maximum absolute atomic E-state index is 11.1. The lowest BCUT2D eigenvalue weighted by Gasteiger charge is -1.82. The second kappa shape index (κ2) is 5.63. The molecule has 3 heteroatoms. The van der Waals surface area contributed by atoms with E-state index in [1.54, 1.807) is 0 Å². The summed E-state index contributed by atoms with van der Waals surface area (Å²) in [5.74, 6) is 1.38. The number of rotatable bonds is 3. The molecule has 0 bridgehead atoms. The Morgan fingerprint density at radius 1 is 1.67 bits per heavy atom. The Balaban J connectivity index is 2.34. The molecule has 0 aromatic carbocycles. The van der Waals surface area contributed by atoms with Gasteiger partial charge in [0.2, 0.25) is 0 Å². The van der Waals surface area contributed by atoms with Gasteiger partial charge in [0.05, 0.1) is 0 Å². The Morgan fingerprint density at radius 3 is 2.50 bits per heavy atom. The average Bonchev–Trinajstić information content (AvgIpc) is 1.61. The molecule has 0 fully saturated rings. The van der Waals surface area contributed by atoms with Crippen molar-refractivity contribution in [2.24, 2.45) is 0 Å². The van der Waals surface area contributed by atoms with Crippen LogP contribution in [0.4, 0.5) is 3.89 Å². The zero-order chi connectivity index (χ0) is 4.83. The summed E-state index contributed by atoms with van der Waals surface area (Å²) < 4.78 is 11.1. The average molecular weight is 126 g/mol. The Labute approximate surface area is 47.2 Å². The monoisotopic (exact) mass is 126 g/mol. The van der Waals surface area contributed by atoms with E-state index in [9.17, 15) is 3.89 Å². The number of halogens is 1. The summed E-state index contributed by atoms with van der Waals surface area (Å²) >= 11 is 4.25. The first-order valence-electron chi connectivity index (χ1n) is 1.76. The molecule has 0 nitrogen and oxygen atoms in total. The van der Waals surface area contributed by atoms with Gasteiger partial charge >= 0.3 is 0 Å². The maximum Gasteiger partial charge on any atom is 0.0443 e. The van der Waals surface area contributed by atoms with Crippen molar-refractivity contribution in [2.75, 3.05) is 11.5 Å². The number of hydrogen-bond donors (Lipinski definition) is 1. The summed E-state index contributed by atoms with van der Waals surface area (Å²) in [6, 6.07) is 0. The third-order valence-electron chi connectivity index (χ3n) is 0.380. The van der Waals surface area contributed by atoms with Crippen LogP contribution in [0.15, 0.2) is 0 Å². The van der Waals surface area contributed by atoms with Crippen LogP contribution in [0.25, 0.3) is 0 Å². The number of thiol groups is 1. The van der Waals surface area contributed by atoms with E-state index in [0.717, 1.165) is 12.2 Å². The van der Waals surface area contributed by atoms with Gasteiger partial charge in [-0.25, -0.2) is 0 Å². The molecule has 0 saturated carbocycles. The molecular weight excluding hydrogens is 119 g/mol. The highest BCUT2D eigenvalue weighted by molar-refractivity contribution is 7.94. The van der Waals surface area contributed by atoms with Gasteiger partial charge in [0.15, 0.2) is 0 Å². The van der Waals surface area contributed by atoms with E-state index in [1.165, 1.54) is 0 Å². The van der Waals surface area contributed by atoms with Crippen LogP contribution in [0.5, 0.6) is 0 Å². The van der Waals surface area contributed by atoms with Crippen LogP contribution in [0.2, 0.25) is 0 Å². The van der Waals surface area contributed by atoms with Crippen LogP contribution in [0.1, 0.15) is 6.42 Å². The summed E-state index contributed by atoms with van der Waals surface area (Å²) in [4.78, 5) is 0. The zero-order valence-electron chi connectivity index (χ0n) is 3.35. The molecule has 0 heterocycles. The molecule has 0 aromatic heterocycles. The Hall–Kier alpha value is 0.630. The van der Waals surface area contributed by atoms with Gasteiger partial charge in [-0.15, -0.1) is 0 Å². The van der Waals surface area contributed by atoms with Crippen molar-refractivity contribution in [3.05, 3.63) is 0 Å². The highest BCUT2D eigenvalue weighted by Crippen LogP contribution is 2.01. The lowest BCUT2D eigenvalue weighted by molar-refractivity contribution is 0.924. The van der Waals surface area contributed by atoms with Crippen molar-refractivity contribution in [3.8, 4) is 0 Å². The van der Waals surface area contributed by atoms with E-state index in [2.05, 4.69) is 12.6 Å². The van der Waals surface area contributed by atoms with E-state index in [1.807, 2.05) is 0 Å². The SMILES string of the molecule is FSCCCS. The van der Waals surface area contributed by atoms with Crippen LogP contribution in [-0.2, 0) is 0 Å². The highest BCUT2D eigenvalue weighted by Gasteiger charge is 1.79. The largest absolute Gasteiger partial charge is 0.179 e. The lowest BCUT2D eigenvalue weighted by atomic mass is 10.6. The molecular formula is C3H7FS2. The normalized spacial score (nSPS) is 9.00. The highest BCUT2D eigenvalue weighted by atomic mass is 32.2.